The molecule has 3 nitrogen and oxygen atoms in total. The summed E-state index contributed by atoms with van der Waals surface area (Å²) in [4.78, 5) is 0. The van der Waals surface area contributed by atoms with Crippen LogP contribution in [0, 0.1) is 0 Å². The number of hydrogen-bond donors (Lipinski definition) is 1. The minimum absolute atomic E-state index is 0.108. The number of aromatic hydroxyl groups is 1. The van der Waals surface area contributed by atoms with Crippen LogP contribution in [-0.2, 0) is 0 Å². The van der Waals surface area contributed by atoms with Gasteiger partial charge in [0, 0.05) is 29.0 Å². The van der Waals surface area contributed by atoms with E-state index in [1.807, 2.05) is 36.7 Å². The second-order valence-corrected chi connectivity index (χ2v) is 4.33. The molecule has 3 rings (SSSR count). The van der Waals surface area contributed by atoms with Gasteiger partial charge in [-0.15, -0.1) is 0 Å². The van der Waals surface area contributed by atoms with Crippen LogP contribution in [0.2, 0.25) is 5.02 Å². The van der Waals surface area contributed by atoms with Gasteiger partial charge < -0.3 is 9.52 Å². The molecule has 0 aliphatic carbocycles. The van der Waals surface area contributed by atoms with Crippen molar-refractivity contribution in [3.05, 3.63) is 59.9 Å². The van der Waals surface area contributed by atoms with E-state index in [9.17, 15) is 5.11 Å². The molecule has 1 aromatic carbocycles. The summed E-state index contributed by atoms with van der Waals surface area (Å²) in [6.07, 6.45) is 3.62. The van der Waals surface area contributed by atoms with Crippen molar-refractivity contribution in [3.8, 4) is 23.0 Å². The van der Waals surface area contributed by atoms with E-state index in [0.717, 1.165) is 5.56 Å². The van der Waals surface area contributed by atoms with Gasteiger partial charge in [-0.05, 0) is 36.4 Å². The lowest BCUT2D eigenvalue weighted by Gasteiger charge is -1.98. The zero-order chi connectivity index (χ0) is 12.5. The van der Waals surface area contributed by atoms with Gasteiger partial charge in [0.05, 0.1) is 0 Å². The van der Waals surface area contributed by atoms with E-state index >= 15 is 0 Å². The summed E-state index contributed by atoms with van der Waals surface area (Å²) < 4.78 is 7.37. The molecule has 0 amide bonds. The Kier molecular flexibility index (Phi) is 2.61. The van der Waals surface area contributed by atoms with Gasteiger partial charge in [-0.2, -0.15) is 0 Å². The number of benzene rings is 1. The van der Waals surface area contributed by atoms with Crippen LogP contribution in [0.5, 0.6) is 5.75 Å². The first kappa shape index (κ1) is 11.0. The molecule has 3 aromatic rings. The fourth-order valence-corrected chi connectivity index (χ4v) is 1.91. The molecule has 0 aliphatic rings. The Morgan fingerprint density at radius 3 is 2.39 bits per heavy atom. The molecule has 0 radical (unpaired) electrons. The third kappa shape index (κ3) is 1.89. The number of nitrogens with zero attached hydrogens (tertiary/aromatic N) is 1. The highest BCUT2D eigenvalue weighted by molar-refractivity contribution is 6.30. The van der Waals surface area contributed by atoms with Crippen molar-refractivity contribution in [1.29, 1.82) is 0 Å². The van der Waals surface area contributed by atoms with Gasteiger partial charge in [0.2, 0.25) is 5.88 Å². The van der Waals surface area contributed by atoms with Gasteiger partial charge in [0.1, 0.15) is 5.76 Å². The summed E-state index contributed by atoms with van der Waals surface area (Å²) in [5.74, 6) is 1.12. The van der Waals surface area contributed by atoms with Crippen molar-refractivity contribution in [3.63, 3.8) is 0 Å². The SMILES string of the molecule is Oc1cc(-c2ccc(Cl)cc2)oc1-n1cccc1. The van der Waals surface area contributed by atoms with E-state index in [1.165, 1.54) is 0 Å². The molecule has 0 atom stereocenters. The van der Waals surface area contributed by atoms with Crippen LogP contribution < -0.4 is 0 Å². The molecule has 0 saturated carbocycles. The largest absolute Gasteiger partial charge is 0.503 e. The predicted molar refractivity (Wildman–Crippen MR) is 70.1 cm³/mol. The molecule has 4 heteroatoms. The van der Waals surface area contributed by atoms with Crippen LogP contribution in [0.15, 0.2) is 59.3 Å². The van der Waals surface area contributed by atoms with Crippen molar-refractivity contribution in [1.82, 2.24) is 4.57 Å². The maximum absolute atomic E-state index is 9.88. The van der Waals surface area contributed by atoms with Crippen LogP contribution in [0.1, 0.15) is 0 Å². The molecular weight excluding hydrogens is 250 g/mol. The quantitative estimate of drug-likeness (QED) is 0.753. The Hall–Kier alpha value is -2.13. The minimum atomic E-state index is 0.108. The topological polar surface area (TPSA) is 38.3 Å². The fraction of sp³-hybridized carbons (Fsp3) is 0. The van der Waals surface area contributed by atoms with Gasteiger partial charge in [-0.3, -0.25) is 4.57 Å². The first-order valence-electron chi connectivity index (χ1n) is 5.46. The van der Waals surface area contributed by atoms with Gasteiger partial charge in [-0.1, -0.05) is 11.6 Å². The molecule has 0 bridgehead atoms. The molecular formula is C14H10ClNO2. The van der Waals surface area contributed by atoms with E-state index in [4.69, 9.17) is 16.0 Å². The summed E-state index contributed by atoms with van der Waals surface area (Å²) in [5, 5.41) is 10.5. The summed E-state index contributed by atoms with van der Waals surface area (Å²) in [7, 11) is 0. The first-order chi connectivity index (χ1) is 8.74. The fourth-order valence-electron chi connectivity index (χ4n) is 1.78. The Labute approximate surface area is 109 Å². The van der Waals surface area contributed by atoms with Crippen LogP contribution >= 0.6 is 11.6 Å². The van der Waals surface area contributed by atoms with Crippen LogP contribution in [0.25, 0.3) is 17.2 Å². The smallest absolute Gasteiger partial charge is 0.246 e. The third-order valence-corrected chi connectivity index (χ3v) is 2.91. The van der Waals surface area contributed by atoms with E-state index in [2.05, 4.69) is 0 Å². The van der Waals surface area contributed by atoms with E-state index < -0.39 is 0 Å². The summed E-state index contributed by atoms with van der Waals surface area (Å²) in [6.45, 7) is 0. The van der Waals surface area contributed by atoms with Gasteiger partial charge in [0.25, 0.3) is 0 Å². The van der Waals surface area contributed by atoms with Crippen molar-refractivity contribution in [2.45, 2.75) is 0 Å². The molecule has 2 aromatic heterocycles. The van der Waals surface area contributed by atoms with Crippen LogP contribution in [-0.4, -0.2) is 9.67 Å². The van der Waals surface area contributed by atoms with Gasteiger partial charge in [-0.25, -0.2) is 0 Å². The number of aromatic nitrogens is 1. The summed E-state index contributed by atoms with van der Waals surface area (Å²) >= 11 is 5.83. The van der Waals surface area contributed by atoms with Gasteiger partial charge >= 0.3 is 0 Å². The van der Waals surface area contributed by atoms with Crippen LogP contribution in [0.3, 0.4) is 0 Å². The van der Waals surface area contributed by atoms with Crippen LogP contribution in [0.4, 0.5) is 0 Å². The maximum atomic E-state index is 9.88. The molecule has 0 unspecified atom stereocenters. The number of hydrogen-bond acceptors (Lipinski definition) is 2. The average Bonchev–Trinajstić information content (AvgIpc) is 2.99. The zero-order valence-electron chi connectivity index (χ0n) is 9.38. The number of halogens is 1. The lowest BCUT2D eigenvalue weighted by molar-refractivity contribution is 0.450. The molecule has 90 valence electrons. The summed E-state index contributed by atoms with van der Waals surface area (Å²) in [5.41, 5.74) is 0.869. The Morgan fingerprint density at radius 2 is 1.72 bits per heavy atom. The van der Waals surface area contributed by atoms with Crippen molar-refractivity contribution < 1.29 is 9.52 Å². The second kappa shape index (κ2) is 4.27. The second-order valence-electron chi connectivity index (χ2n) is 3.90. The lowest BCUT2D eigenvalue weighted by Crippen LogP contribution is -1.85. The Bertz CT molecular complexity index is 654. The van der Waals surface area contributed by atoms with Gasteiger partial charge in [0.15, 0.2) is 5.75 Å². The highest BCUT2D eigenvalue weighted by Crippen LogP contribution is 2.32. The standard InChI is InChI=1S/C14H10ClNO2/c15-11-5-3-10(4-6-11)13-9-12(17)14(18-13)16-7-1-2-8-16/h1-9,17H. The number of rotatable bonds is 2. The highest BCUT2D eigenvalue weighted by Gasteiger charge is 2.12. The number of furan rings is 1. The molecule has 1 N–H and O–H groups in total. The van der Waals surface area contributed by atoms with E-state index in [0.29, 0.717) is 16.7 Å². The third-order valence-electron chi connectivity index (χ3n) is 2.66. The normalized spacial score (nSPS) is 10.7. The zero-order valence-corrected chi connectivity index (χ0v) is 10.1. The first-order valence-corrected chi connectivity index (χ1v) is 5.84. The highest BCUT2D eigenvalue weighted by atomic mass is 35.5. The molecule has 18 heavy (non-hydrogen) atoms. The van der Waals surface area contributed by atoms with E-state index in [-0.39, 0.29) is 5.75 Å². The van der Waals surface area contributed by atoms with Crippen molar-refractivity contribution >= 4 is 11.6 Å². The molecule has 0 fully saturated rings. The van der Waals surface area contributed by atoms with Crippen molar-refractivity contribution in [2.75, 3.05) is 0 Å². The Balaban J connectivity index is 2.05. The average molecular weight is 260 g/mol. The lowest BCUT2D eigenvalue weighted by atomic mass is 10.2. The molecule has 2 heterocycles. The van der Waals surface area contributed by atoms with E-state index in [1.54, 1.807) is 22.8 Å². The maximum Gasteiger partial charge on any atom is 0.246 e. The molecule has 0 saturated heterocycles. The molecule has 0 aliphatic heterocycles. The monoisotopic (exact) mass is 259 g/mol. The summed E-state index contributed by atoms with van der Waals surface area (Å²) in [6, 6.07) is 12.6. The molecule has 0 spiro atoms. The Morgan fingerprint density at radius 1 is 1.06 bits per heavy atom. The van der Waals surface area contributed by atoms with Crippen molar-refractivity contribution in [2.24, 2.45) is 0 Å². The minimum Gasteiger partial charge on any atom is -0.503 e. The predicted octanol–water partition coefficient (Wildman–Crippen LogP) is 4.10.